The number of nitrogens with two attached hydrogens (primary N) is 1. The molecular formula is C11H9NO4. The van der Waals surface area contributed by atoms with E-state index in [1.165, 1.54) is 12.1 Å². The van der Waals surface area contributed by atoms with E-state index in [1.807, 2.05) is 0 Å². The molecule has 0 aromatic heterocycles. The van der Waals surface area contributed by atoms with Crippen molar-refractivity contribution in [3.8, 4) is 0 Å². The molecule has 0 saturated carbocycles. The van der Waals surface area contributed by atoms with Gasteiger partial charge in [-0.2, -0.15) is 0 Å². The summed E-state index contributed by atoms with van der Waals surface area (Å²) in [6, 6.07) is 2.84. The van der Waals surface area contributed by atoms with Crippen LogP contribution >= 0.6 is 0 Å². The summed E-state index contributed by atoms with van der Waals surface area (Å²) in [7, 11) is 0. The van der Waals surface area contributed by atoms with Crippen molar-refractivity contribution < 1.29 is 19.1 Å². The number of primary amides is 1. The molecule has 1 aromatic carbocycles. The van der Waals surface area contributed by atoms with Crippen LogP contribution in [-0.2, 0) is 11.2 Å². The molecule has 1 amide bonds. The van der Waals surface area contributed by atoms with Crippen molar-refractivity contribution in [1.82, 2.24) is 0 Å². The van der Waals surface area contributed by atoms with Gasteiger partial charge >= 0.3 is 11.9 Å². The minimum atomic E-state index is -0.708. The first kappa shape index (κ1) is 10.4. The highest BCUT2D eigenvalue weighted by molar-refractivity contribution is 6.16. The number of hydrogen-bond acceptors (Lipinski definition) is 4. The molecule has 1 aliphatic heterocycles. The third kappa shape index (κ3) is 1.29. The zero-order valence-corrected chi connectivity index (χ0v) is 8.57. The van der Waals surface area contributed by atoms with E-state index in [4.69, 9.17) is 5.73 Å². The van der Waals surface area contributed by atoms with E-state index >= 15 is 0 Å². The fourth-order valence-corrected chi connectivity index (χ4v) is 1.84. The molecule has 0 spiro atoms. The first-order valence-electron chi connectivity index (χ1n) is 4.78. The van der Waals surface area contributed by atoms with Gasteiger partial charge in [0.15, 0.2) is 0 Å². The molecule has 0 aliphatic carbocycles. The van der Waals surface area contributed by atoms with Gasteiger partial charge < -0.3 is 10.5 Å². The van der Waals surface area contributed by atoms with Gasteiger partial charge in [0.05, 0.1) is 11.1 Å². The molecule has 16 heavy (non-hydrogen) atoms. The van der Waals surface area contributed by atoms with Crippen LogP contribution in [0.25, 0.3) is 0 Å². The predicted octanol–water partition coefficient (Wildman–Crippen LogP) is 0.659. The Balaban J connectivity index is 2.75. The molecule has 5 nitrogen and oxygen atoms in total. The number of rotatable bonds is 2. The molecule has 0 saturated heterocycles. The minimum absolute atomic E-state index is 0.170. The summed E-state index contributed by atoms with van der Waals surface area (Å²) in [6.45, 7) is 1.78. The maximum absolute atomic E-state index is 11.4. The van der Waals surface area contributed by atoms with Gasteiger partial charge in [0.2, 0.25) is 5.91 Å². The summed E-state index contributed by atoms with van der Waals surface area (Å²) >= 11 is 0. The molecule has 0 unspecified atom stereocenters. The lowest BCUT2D eigenvalue weighted by molar-refractivity contribution is 0.0443. The zero-order chi connectivity index (χ0) is 11.9. The van der Waals surface area contributed by atoms with E-state index < -0.39 is 17.8 Å². The molecule has 0 bridgehead atoms. The Bertz CT molecular complexity index is 519. The summed E-state index contributed by atoms with van der Waals surface area (Å²) in [6.07, 6.45) is 0.434. The molecule has 0 fully saturated rings. The molecule has 5 heteroatoms. The van der Waals surface area contributed by atoms with Crippen LogP contribution in [0.15, 0.2) is 12.1 Å². The molecule has 2 N–H and O–H groups in total. The number of carbonyl (C=O) groups is 3. The van der Waals surface area contributed by atoms with Crippen molar-refractivity contribution >= 4 is 17.8 Å². The average Bonchev–Trinajstić information content (AvgIpc) is 2.53. The largest absolute Gasteiger partial charge is 0.386 e. The van der Waals surface area contributed by atoms with Crippen LogP contribution in [0.4, 0.5) is 0 Å². The third-order valence-electron chi connectivity index (χ3n) is 2.54. The SMILES string of the molecule is CCc1c(C(N)=O)ccc2c1C(=O)OC2=O. The quantitative estimate of drug-likeness (QED) is 0.584. The maximum Gasteiger partial charge on any atom is 0.347 e. The second-order valence-corrected chi connectivity index (χ2v) is 3.41. The van der Waals surface area contributed by atoms with Crippen molar-refractivity contribution in [2.45, 2.75) is 13.3 Å². The van der Waals surface area contributed by atoms with Gasteiger partial charge in [-0.3, -0.25) is 4.79 Å². The average molecular weight is 219 g/mol. The Hall–Kier alpha value is -2.17. The van der Waals surface area contributed by atoms with Crippen LogP contribution in [0.2, 0.25) is 0 Å². The van der Waals surface area contributed by atoms with Gasteiger partial charge in [0.1, 0.15) is 0 Å². The Morgan fingerprint density at radius 2 is 2.00 bits per heavy atom. The monoisotopic (exact) mass is 219 g/mol. The van der Waals surface area contributed by atoms with Gasteiger partial charge in [-0.25, -0.2) is 9.59 Å². The fraction of sp³-hybridized carbons (Fsp3) is 0.182. The third-order valence-corrected chi connectivity index (χ3v) is 2.54. The van der Waals surface area contributed by atoms with Crippen LogP contribution < -0.4 is 5.73 Å². The molecule has 1 aromatic rings. The van der Waals surface area contributed by atoms with Crippen molar-refractivity contribution in [1.29, 1.82) is 0 Å². The van der Waals surface area contributed by atoms with E-state index in [0.29, 0.717) is 12.0 Å². The van der Waals surface area contributed by atoms with Crippen molar-refractivity contribution in [3.63, 3.8) is 0 Å². The van der Waals surface area contributed by atoms with E-state index in [2.05, 4.69) is 4.74 Å². The molecule has 2 rings (SSSR count). The lowest BCUT2D eigenvalue weighted by Crippen LogP contribution is -2.16. The first-order valence-corrected chi connectivity index (χ1v) is 4.78. The Labute approximate surface area is 91.2 Å². The van der Waals surface area contributed by atoms with Gasteiger partial charge in [0.25, 0.3) is 0 Å². The summed E-state index contributed by atoms with van der Waals surface area (Å²) in [4.78, 5) is 33.9. The van der Waals surface area contributed by atoms with E-state index in [-0.39, 0.29) is 16.7 Å². The molecule has 82 valence electrons. The molecule has 0 radical (unpaired) electrons. The standard InChI is InChI=1S/C11H9NO4/c1-2-5-6(9(12)13)3-4-7-8(5)11(15)16-10(7)14/h3-4H,2H2,1H3,(H2,12,13). The van der Waals surface area contributed by atoms with Gasteiger partial charge in [0, 0.05) is 5.56 Å². The molecule has 1 heterocycles. The van der Waals surface area contributed by atoms with Crippen LogP contribution in [0.3, 0.4) is 0 Å². The van der Waals surface area contributed by atoms with Crippen molar-refractivity contribution in [2.24, 2.45) is 5.73 Å². The number of fused-ring (bicyclic) bond motifs is 1. The van der Waals surface area contributed by atoms with Crippen LogP contribution in [0.5, 0.6) is 0 Å². The lowest BCUT2D eigenvalue weighted by Gasteiger charge is -2.06. The molecular weight excluding hydrogens is 210 g/mol. The summed E-state index contributed by atoms with van der Waals surface area (Å²) < 4.78 is 4.48. The highest BCUT2D eigenvalue weighted by Gasteiger charge is 2.33. The number of cyclic esters (lactones) is 2. The van der Waals surface area contributed by atoms with Gasteiger partial charge in [-0.1, -0.05) is 6.92 Å². The summed E-state index contributed by atoms with van der Waals surface area (Å²) in [5, 5.41) is 0. The highest BCUT2D eigenvalue weighted by atomic mass is 16.6. The number of ether oxygens (including phenoxy) is 1. The number of benzene rings is 1. The molecule has 0 atom stereocenters. The Kier molecular flexibility index (Phi) is 2.23. The number of carbonyl (C=O) groups excluding carboxylic acids is 3. The second kappa shape index (κ2) is 3.44. The number of amides is 1. The molecule has 1 aliphatic rings. The van der Waals surface area contributed by atoms with Gasteiger partial charge in [-0.05, 0) is 24.1 Å². The maximum atomic E-state index is 11.4. The van der Waals surface area contributed by atoms with Crippen LogP contribution in [0, 0.1) is 0 Å². The van der Waals surface area contributed by atoms with Crippen LogP contribution in [0.1, 0.15) is 43.6 Å². The lowest BCUT2D eigenvalue weighted by atomic mass is 9.95. The predicted molar refractivity (Wildman–Crippen MR) is 54.1 cm³/mol. The fourth-order valence-electron chi connectivity index (χ4n) is 1.84. The summed E-state index contributed by atoms with van der Waals surface area (Å²) in [5.74, 6) is -2.00. The van der Waals surface area contributed by atoms with E-state index in [9.17, 15) is 14.4 Å². The van der Waals surface area contributed by atoms with E-state index in [1.54, 1.807) is 6.92 Å². The smallest absolute Gasteiger partial charge is 0.347 e. The number of hydrogen-bond donors (Lipinski definition) is 1. The summed E-state index contributed by atoms with van der Waals surface area (Å²) in [5.41, 5.74) is 6.29. The zero-order valence-electron chi connectivity index (χ0n) is 8.57. The van der Waals surface area contributed by atoms with Crippen molar-refractivity contribution in [3.05, 3.63) is 34.4 Å². The topological polar surface area (TPSA) is 86.5 Å². The Morgan fingerprint density at radius 3 is 2.56 bits per heavy atom. The first-order chi connectivity index (χ1) is 7.56. The normalized spacial score (nSPS) is 13.6. The Morgan fingerprint density at radius 1 is 1.31 bits per heavy atom. The minimum Gasteiger partial charge on any atom is -0.386 e. The number of esters is 2. The second-order valence-electron chi connectivity index (χ2n) is 3.41. The van der Waals surface area contributed by atoms with Gasteiger partial charge in [-0.15, -0.1) is 0 Å². The van der Waals surface area contributed by atoms with Crippen molar-refractivity contribution in [2.75, 3.05) is 0 Å². The van der Waals surface area contributed by atoms with Crippen LogP contribution in [-0.4, -0.2) is 17.8 Å². The van der Waals surface area contributed by atoms with E-state index in [0.717, 1.165) is 0 Å². The highest BCUT2D eigenvalue weighted by Crippen LogP contribution is 2.26.